The molecule has 0 saturated heterocycles. The lowest BCUT2D eigenvalue weighted by molar-refractivity contribution is 0.433. The molecule has 0 spiro atoms. The molecule has 2 N–H and O–H groups in total. The molecule has 0 fully saturated rings. The number of nitrogen functional groups attached to an aromatic ring is 1. The van der Waals surface area contributed by atoms with E-state index >= 15 is 0 Å². The lowest BCUT2D eigenvalue weighted by Crippen LogP contribution is -1.87. The molecular formula is C10H8ClFN2O. The van der Waals surface area contributed by atoms with E-state index in [0.717, 1.165) is 0 Å². The Hall–Kier alpha value is -1.55. The van der Waals surface area contributed by atoms with Gasteiger partial charge in [0.25, 0.3) is 0 Å². The summed E-state index contributed by atoms with van der Waals surface area (Å²) in [4.78, 5) is 0. The summed E-state index contributed by atoms with van der Waals surface area (Å²) in [6.07, 6.45) is 0. The summed E-state index contributed by atoms with van der Waals surface area (Å²) < 4.78 is 18.6. The predicted octanol–water partition coefficient (Wildman–Crippen LogP) is 3.02. The average molecular weight is 227 g/mol. The maximum Gasteiger partial charge on any atom is 0.190 e. The van der Waals surface area contributed by atoms with E-state index in [1.807, 2.05) is 0 Å². The number of halogens is 2. The molecule has 1 heterocycles. The fraction of sp³-hybridized carbons (Fsp3) is 0.100. The van der Waals surface area contributed by atoms with Gasteiger partial charge in [-0.3, -0.25) is 0 Å². The van der Waals surface area contributed by atoms with Crippen LogP contribution >= 0.6 is 11.6 Å². The van der Waals surface area contributed by atoms with Gasteiger partial charge in [-0.25, -0.2) is 4.39 Å². The lowest BCUT2D eigenvalue weighted by Gasteiger charge is -2.01. The van der Waals surface area contributed by atoms with Crippen LogP contribution in [-0.2, 0) is 0 Å². The second-order valence-electron chi connectivity index (χ2n) is 3.15. The van der Waals surface area contributed by atoms with Crippen molar-refractivity contribution in [1.29, 1.82) is 0 Å². The van der Waals surface area contributed by atoms with Crippen molar-refractivity contribution in [3.05, 3.63) is 34.6 Å². The molecule has 1 aromatic carbocycles. The molecule has 2 aromatic rings. The third kappa shape index (κ3) is 1.57. The van der Waals surface area contributed by atoms with Gasteiger partial charge >= 0.3 is 0 Å². The topological polar surface area (TPSA) is 52.0 Å². The molecule has 0 bridgehead atoms. The average Bonchev–Trinajstić information content (AvgIpc) is 2.53. The first-order chi connectivity index (χ1) is 7.11. The van der Waals surface area contributed by atoms with Gasteiger partial charge in [-0.15, -0.1) is 0 Å². The molecular weight excluding hydrogens is 219 g/mol. The van der Waals surface area contributed by atoms with Crippen molar-refractivity contribution >= 4 is 17.4 Å². The zero-order valence-electron chi connectivity index (χ0n) is 7.92. The van der Waals surface area contributed by atoms with Crippen molar-refractivity contribution in [3.63, 3.8) is 0 Å². The van der Waals surface area contributed by atoms with Crippen LogP contribution in [0.2, 0.25) is 5.02 Å². The molecule has 0 amide bonds. The molecule has 2 rings (SSSR count). The van der Waals surface area contributed by atoms with Crippen LogP contribution in [0, 0.1) is 12.7 Å². The Kier molecular flexibility index (Phi) is 2.36. The van der Waals surface area contributed by atoms with Crippen molar-refractivity contribution in [2.24, 2.45) is 0 Å². The third-order valence-electron chi connectivity index (χ3n) is 2.10. The van der Waals surface area contributed by atoms with Crippen LogP contribution in [0.4, 0.5) is 10.2 Å². The Bertz CT molecular complexity index is 510. The largest absolute Gasteiger partial charge is 0.380 e. The molecule has 5 heteroatoms. The number of hydrogen-bond acceptors (Lipinski definition) is 3. The summed E-state index contributed by atoms with van der Waals surface area (Å²) in [6.45, 7) is 1.66. The van der Waals surface area contributed by atoms with Gasteiger partial charge in [0.15, 0.2) is 11.6 Å². The summed E-state index contributed by atoms with van der Waals surface area (Å²) in [7, 11) is 0. The predicted molar refractivity (Wildman–Crippen MR) is 56.1 cm³/mol. The molecule has 0 unspecified atom stereocenters. The normalized spacial score (nSPS) is 10.6. The van der Waals surface area contributed by atoms with Crippen molar-refractivity contribution in [2.75, 3.05) is 5.73 Å². The Balaban J connectivity index is 2.64. The summed E-state index contributed by atoms with van der Waals surface area (Å²) in [5, 5.41) is 3.61. The SMILES string of the molecule is Cc1cccc(-c2onc(N)c2Cl)c1F. The van der Waals surface area contributed by atoms with Crippen molar-refractivity contribution in [3.8, 4) is 11.3 Å². The van der Waals surface area contributed by atoms with Gasteiger partial charge in [-0.1, -0.05) is 28.9 Å². The number of nitrogens with two attached hydrogens (primary N) is 1. The van der Waals surface area contributed by atoms with Crippen LogP contribution in [0.15, 0.2) is 22.7 Å². The lowest BCUT2D eigenvalue weighted by atomic mass is 10.1. The molecule has 0 aliphatic heterocycles. The summed E-state index contributed by atoms with van der Waals surface area (Å²) in [5.41, 5.74) is 6.19. The highest BCUT2D eigenvalue weighted by Crippen LogP contribution is 2.34. The zero-order valence-corrected chi connectivity index (χ0v) is 8.68. The second-order valence-corrected chi connectivity index (χ2v) is 3.53. The highest BCUT2D eigenvalue weighted by molar-refractivity contribution is 6.35. The number of benzene rings is 1. The van der Waals surface area contributed by atoms with E-state index in [2.05, 4.69) is 5.16 Å². The quantitative estimate of drug-likeness (QED) is 0.813. The number of aromatic nitrogens is 1. The molecule has 78 valence electrons. The molecule has 0 aliphatic rings. The van der Waals surface area contributed by atoms with Gasteiger partial charge < -0.3 is 10.3 Å². The first kappa shape index (κ1) is 9.98. The van der Waals surface area contributed by atoms with Gasteiger partial charge in [0.05, 0.1) is 5.56 Å². The smallest absolute Gasteiger partial charge is 0.190 e. The molecule has 3 nitrogen and oxygen atoms in total. The van der Waals surface area contributed by atoms with E-state index in [0.29, 0.717) is 5.56 Å². The first-order valence-electron chi connectivity index (χ1n) is 4.27. The second kappa shape index (κ2) is 3.55. The number of nitrogens with zero attached hydrogens (tertiary/aromatic N) is 1. The molecule has 0 saturated carbocycles. The molecule has 1 aromatic heterocycles. The first-order valence-corrected chi connectivity index (χ1v) is 4.65. The summed E-state index contributed by atoms with van der Waals surface area (Å²) in [6, 6.07) is 4.93. The highest BCUT2D eigenvalue weighted by atomic mass is 35.5. The number of aryl methyl sites for hydroxylation is 1. The zero-order chi connectivity index (χ0) is 11.0. The van der Waals surface area contributed by atoms with Crippen molar-refractivity contribution in [1.82, 2.24) is 5.16 Å². The minimum Gasteiger partial charge on any atom is -0.380 e. The van der Waals surface area contributed by atoms with E-state index in [9.17, 15) is 4.39 Å². The van der Waals surface area contributed by atoms with Gasteiger partial charge in [0.2, 0.25) is 0 Å². The summed E-state index contributed by atoms with van der Waals surface area (Å²) >= 11 is 5.82. The maximum absolute atomic E-state index is 13.7. The van der Waals surface area contributed by atoms with Gasteiger partial charge in [-0.05, 0) is 18.6 Å². The minimum absolute atomic E-state index is 0.0626. The third-order valence-corrected chi connectivity index (χ3v) is 2.46. The number of anilines is 1. The monoisotopic (exact) mass is 226 g/mol. The molecule has 0 aliphatic carbocycles. The van der Waals surface area contributed by atoms with Gasteiger partial charge in [-0.2, -0.15) is 0 Å². The Morgan fingerprint density at radius 3 is 2.80 bits per heavy atom. The van der Waals surface area contributed by atoms with E-state index in [-0.39, 0.29) is 28.0 Å². The molecule has 0 atom stereocenters. The van der Waals surface area contributed by atoms with Crippen LogP contribution < -0.4 is 5.73 Å². The van der Waals surface area contributed by atoms with Crippen LogP contribution in [0.3, 0.4) is 0 Å². The maximum atomic E-state index is 13.7. The van der Waals surface area contributed by atoms with Gasteiger partial charge in [0, 0.05) is 0 Å². The fourth-order valence-electron chi connectivity index (χ4n) is 1.28. The van der Waals surface area contributed by atoms with Crippen molar-refractivity contribution < 1.29 is 8.91 Å². The Labute approximate surface area is 90.6 Å². The van der Waals surface area contributed by atoms with Gasteiger partial charge in [0.1, 0.15) is 10.8 Å². The standard InChI is InChI=1S/C10H8ClFN2O/c1-5-3-2-4-6(8(5)12)9-7(11)10(13)14-15-9/h2-4H,1H3,(H2,13,14). The van der Waals surface area contributed by atoms with Crippen molar-refractivity contribution in [2.45, 2.75) is 6.92 Å². The fourth-order valence-corrected chi connectivity index (χ4v) is 1.45. The number of hydrogen-bond donors (Lipinski definition) is 1. The Morgan fingerprint density at radius 2 is 2.20 bits per heavy atom. The van der Waals surface area contributed by atoms with Crippen LogP contribution in [0.25, 0.3) is 11.3 Å². The van der Waals surface area contributed by atoms with E-state index in [1.54, 1.807) is 25.1 Å². The number of rotatable bonds is 1. The van der Waals surface area contributed by atoms with E-state index < -0.39 is 0 Å². The minimum atomic E-state index is -0.379. The van der Waals surface area contributed by atoms with Crippen LogP contribution in [0.5, 0.6) is 0 Å². The van der Waals surface area contributed by atoms with E-state index in [1.165, 1.54) is 0 Å². The van der Waals surface area contributed by atoms with Crippen LogP contribution in [-0.4, -0.2) is 5.16 Å². The van der Waals surface area contributed by atoms with E-state index in [4.69, 9.17) is 21.9 Å². The highest BCUT2D eigenvalue weighted by Gasteiger charge is 2.17. The summed E-state index contributed by atoms with van der Waals surface area (Å²) in [5.74, 6) is -0.154. The molecule has 0 radical (unpaired) electrons. The Morgan fingerprint density at radius 1 is 1.47 bits per heavy atom. The van der Waals surface area contributed by atoms with Crippen LogP contribution in [0.1, 0.15) is 5.56 Å². The molecule has 15 heavy (non-hydrogen) atoms.